The van der Waals surface area contributed by atoms with E-state index >= 15 is 0 Å². The van der Waals surface area contributed by atoms with Crippen LogP contribution < -0.4 is 0 Å². The first kappa shape index (κ1) is 19.5. The molecule has 0 spiro atoms. The number of carbonyl (C=O) groups is 1. The van der Waals surface area contributed by atoms with Crippen LogP contribution in [0.2, 0.25) is 0 Å². The topological polar surface area (TPSA) is 72.7 Å². The third kappa shape index (κ3) is 5.07. The van der Waals surface area contributed by atoms with Gasteiger partial charge in [-0.25, -0.2) is 9.18 Å². The molecule has 0 fully saturated rings. The number of halogens is 1. The molecule has 4 nitrogen and oxygen atoms in total. The van der Waals surface area contributed by atoms with Gasteiger partial charge >= 0.3 is 5.97 Å². The fourth-order valence-electron chi connectivity index (χ4n) is 1.84. The lowest BCUT2D eigenvalue weighted by Gasteiger charge is -2.18. The Hall–Kier alpha value is -1.83. The third-order valence-corrected chi connectivity index (χ3v) is 5.65. The van der Waals surface area contributed by atoms with Crippen LogP contribution in [0.5, 0.6) is 0 Å². The van der Waals surface area contributed by atoms with E-state index in [2.05, 4.69) is 4.40 Å². The van der Waals surface area contributed by atoms with Crippen molar-refractivity contribution in [2.75, 3.05) is 0 Å². The van der Waals surface area contributed by atoms with Crippen molar-refractivity contribution in [3.8, 4) is 0 Å². The van der Waals surface area contributed by atoms with E-state index in [0.717, 1.165) is 11.8 Å². The van der Waals surface area contributed by atoms with Gasteiger partial charge in [0.05, 0.1) is 11.8 Å². The first-order valence-electron chi connectivity index (χ1n) is 7.45. The molecule has 0 saturated heterocycles. The minimum atomic E-state index is -1.51. The lowest BCUT2D eigenvalue weighted by molar-refractivity contribution is 0.0693. The van der Waals surface area contributed by atoms with E-state index in [-0.39, 0.29) is 11.1 Å². The number of benzene rings is 2. The van der Waals surface area contributed by atoms with Gasteiger partial charge in [-0.05, 0) is 45.0 Å². The molecule has 2 rings (SSSR count). The summed E-state index contributed by atoms with van der Waals surface area (Å²) in [6.07, 6.45) is 1.25. The van der Waals surface area contributed by atoms with Gasteiger partial charge in [-0.3, -0.25) is 0 Å². The smallest absolute Gasteiger partial charge is 0.336 e. The van der Waals surface area contributed by atoms with E-state index in [1.807, 2.05) is 0 Å². The summed E-state index contributed by atoms with van der Waals surface area (Å²) in [5, 5.41) is 9.28. The van der Waals surface area contributed by atoms with Crippen molar-refractivity contribution in [3.05, 3.63) is 59.4 Å². The molecule has 1 unspecified atom stereocenters. The predicted molar refractivity (Wildman–Crippen MR) is 99.4 cm³/mol. The molecule has 2 aromatic carbocycles. The van der Waals surface area contributed by atoms with Crippen LogP contribution in [-0.4, -0.2) is 26.6 Å². The third-order valence-electron chi connectivity index (χ3n) is 3.15. The average molecular weight is 379 g/mol. The molecule has 2 aromatic rings. The van der Waals surface area contributed by atoms with Gasteiger partial charge in [0.1, 0.15) is 21.9 Å². The van der Waals surface area contributed by atoms with Crippen LogP contribution >= 0.6 is 11.8 Å². The summed E-state index contributed by atoms with van der Waals surface area (Å²) in [5.41, 5.74) is 0.322. The molecule has 1 N–H and O–H groups in total. The van der Waals surface area contributed by atoms with E-state index < -0.39 is 27.9 Å². The Kier molecular flexibility index (Phi) is 6.26. The maximum absolute atomic E-state index is 14.2. The molecule has 0 aromatic heterocycles. The Morgan fingerprint density at radius 1 is 1.20 bits per heavy atom. The number of carboxylic acids is 1. The van der Waals surface area contributed by atoms with Crippen molar-refractivity contribution >= 4 is 35.3 Å². The first-order chi connectivity index (χ1) is 11.7. The molecule has 0 aliphatic carbocycles. The maximum Gasteiger partial charge on any atom is 0.336 e. The molecule has 0 aliphatic heterocycles. The van der Waals surface area contributed by atoms with E-state index in [1.54, 1.807) is 51.1 Å². The molecule has 132 valence electrons. The van der Waals surface area contributed by atoms with Gasteiger partial charge in [-0.2, -0.15) is 0 Å². The summed E-state index contributed by atoms with van der Waals surface area (Å²) in [5.74, 6) is -1.56. The van der Waals surface area contributed by atoms with Gasteiger partial charge in [0.15, 0.2) is 0 Å². The van der Waals surface area contributed by atoms with Crippen LogP contribution in [0.4, 0.5) is 4.39 Å². The SMILES string of the molecule is CC(C)(C)[S+]([O-])/N=C/c1c(F)cccc1Sc1ccccc1C(=O)O. The summed E-state index contributed by atoms with van der Waals surface area (Å²) >= 11 is -0.382. The van der Waals surface area contributed by atoms with Gasteiger partial charge in [0, 0.05) is 15.4 Å². The highest BCUT2D eigenvalue weighted by Gasteiger charge is 2.26. The minimum absolute atomic E-state index is 0.137. The van der Waals surface area contributed by atoms with E-state index in [0.29, 0.717) is 9.79 Å². The number of hydrogen-bond donors (Lipinski definition) is 1. The minimum Gasteiger partial charge on any atom is -0.591 e. The Bertz CT molecular complexity index is 803. The van der Waals surface area contributed by atoms with Crippen LogP contribution in [0.3, 0.4) is 0 Å². The van der Waals surface area contributed by atoms with Crippen molar-refractivity contribution in [2.45, 2.75) is 35.3 Å². The molecule has 25 heavy (non-hydrogen) atoms. The quantitative estimate of drug-likeness (QED) is 0.611. The molecule has 0 radical (unpaired) electrons. The van der Waals surface area contributed by atoms with E-state index in [1.165, 1.54) is 18.3 Å². The fraction of sp³-hybridized carbons (Fsp3) is 0.222. The number of nitrogens with zero attached hydrogens (tertiary/aromatic N) is 1. The largest absolute Gasteiger partial charge is 0.591 e. The lowest BCUT2D eigenvalue weighted by atomic mass is 10.2. The van der Waals surface area contributed by atoms with E-state index in [4.69, 9.17) is 0 Å². The van der Waals surface area contributed by atoms with E-state index in [9.17, 15) is 18.8 Å². The zero-order valence-corrected chi connectivity index (χ0v) is 15.7. The van der Waals surface area contributed by atoms with Crippen molar-refractivity contribution in [3.63, 3.8) is 0 Å². The molecule has 0 aliphatic rings. The normalized spacial score (nSPS) is 13.2. The van der Waals surface area contributed by atoms with Crippen molar-refractivity contribution in [2.24, 2.45) is 4.40 Å². The van der Waals surface area contributed by atoms with Gasteiger partial charge in [0.2, 0.25) is 0 Å². The Morgan fingerprint density at radius 3 is 2.48 bits per heavy atom. The summed E-state index contributed by atoms with van der Waals surface area (Å²) < 4.78 is 29.7. The summed E-state index contributed by atoms with van der Waals surface area (Å²) in [6, 6.07) is 11.0. The molecule has 0 saturated carbocycles. The molecule has 0 amide bonds. The summed E-state index contributed by atoms with van der Waals surface area (Å²) in [4.78, 5) is 12.3. The zero-order chi connectivity index (χ0) is 18.6. The van der Waals surface area contributed by atoms with Gasteiger partial charge in [-0.15, -0.1) is 0 Å². The summed E-state index contributed by atoms with van der Waals surface area (Å²) in [6.45, 7) is 5.34. The second kappa shape index (κ2) is 8.03. The van der Waals surface area contributed by atoms with Crippen LogP contribution in [-0.2, 0) is 11.4 Å². The van der Waals surface area contributed by atoms with Gasteiger partial charge in [-0.1, -0.05) is 34.4 Å². The lowest BCUT2D eigenvalue weighted by Crippen LogP contribution is -2.25. The molecule has 0 bridgehead atoms. The Balaban J connectivity index is 2.39. The number of hydrogen-bond acceptors (Lipinski definition) is 4. The predicted octanol–water partition coefficient (Wildman–Crippen LogP) is 4.56. The number of aromatic carboxylic acids is 1. The van der Waals surface area contributed by atoms with Crippen molar-refractivity contribution < 1.29 is 18.8 Å². The van der Waals surface area contributed by atoms with Crippen molar-refractivity contribution in [1.29, 1.82) is 0 Å². The van der Waals surface area contributed by atoms with Crippen LogP contribution in [0.15, 0.2) is 56.7 Å². The second-order valence-electron chi connectivity index (χ2n) is 6.15. The van der Waals surface area contributed by atoms with Crippen LogP contribution in [0.25, 0.3) is 0 Å². The highest BCUT2D eigenvalue weighted by atomic mass is 32.2. The standard InChI is InChI=1S/C18H18FNO3S2/c1-18(2,3)25(23)20-11-13-14(19)8-6-10-16(13)24-15-9-5-4-7-12(15)17(21)22/h4-11H,1-3H3,(H,21,22)/b20-11+. The number of rotatable bonds is 5. The van der Waals surface area contributed by atoms with Crippen LogP contribution in [0.1, 0.15) is 36.7 Å². The molecule has 7 heteroatoms. The van der Waals surface area contributed by atoms with Crippen molar-refractivity contribution in [1.82, 2.24) is 0 Å². The fourth-order valence-corrected chi connectivity index (χ4v) is 3.41. The maximum atomic E-state index is 14.2. The molecule has 1 atom stereocenters. The average Bonchev–Trinajstić information content (AvgIpc) is 2.53. The summed E-state index contributed by atoms with van der Waals surface area (Å²) in [7, 11) is 0. The molecular formula is C18H18FNO3S2. The molecule has 0 heterocycles. The van der Waals surface area contributed by atoms with Gasteiger partial charge < -0.3 is 9.66 Å². The highest BCUT2D eigenvalue weighted by molar-refractivity contribution is 7.99. The Morgan fingerprint density at radius 2 is 1.84 bits per heavy atom. The molecular weight excluding hydrogens is 361 g/mol. The van der Waals surface area contributed by atoms with Crippen LogP contribution in [0, 0.1) is 5.82 Å². The zero-order valence-electron chi connectivity index (χ0n) is 14.0. The highest BCUT2D eigenvalue weighted by Crippen LogP contribution is 2.33. The van der Waals surface area contributed by atoms with Gasteiger partial charge in [0.25, 0.3) is 0 Å². The second-order valence-corrected chi connectivity index (χ2v) is 9.17. The monoisotopic (exact) mass is 379 g/mol. The number of carboxylic acid groups (broad SMARTS) is 1. The Labute approximate surface area is 153 Å². The first-order valence-corrected chi connectivity index (χ1v) is 9.37.